The van der Waals surface area contributed by atoms with Gasteiger partial charge in [-0.2, -0.15) is 0 Å². The lowest BCUT2D eigenvalue weighted by Crippen LogP contribution is -2.19. The first kappa shape index (κ1) is 17.0. The standard InChI is InChI=1S/C20H22N2O3/c1-14(23)18-13-16(22-11-3-4-12-22)7-10-19(18)21-20(24)15-5-8-17(25-2)9-6-15/h5-10,13H,3-4,11-12H2,1-2H3,(H,21,24). The van der Waals surface area contributed by atoms with Gasteiger partial charge in [-0.15, -0.1) is 0 Å². The van der Waals surface area contributed by atoms with E-state index in [1.54, 1.807) is 31.4 Å². The van der Waals surface area contributed by atoms with Crippen molar-refractivity contribution in [1.82, 2.24) is 0 Å². The van der Waals surface area contributed by atoms with E-state index in [4.69, 9.17) is 4.74 Å². The lowest BCUT2D eigenvalue weighted by Gasteiger charge is -2.19. The number of carbonyl (C=O) groups is 2. The Morgan fingerprint density at radius 2 is 1.72 bits per heavy atom. The molecule has 1 heterocycles. The molecule has 2 aromatic rings. The van der Waals surface area contributed by atoms with E-state index < -0.39 is 0 Å². The first-order valence-electron chi connectivity index (χ1n) is 8.44. The molecule has 0 aromatic heterocycles. The molecule has 1 aliphatic heterocycles. The number of methoxy groups -OCH3 is 1. The maximum absolute atomic E-state index is 12.5. The second-order valence-electron chi connectivity index (χ2n) is 6.16. The average Bonchev–Trinajstić information content (AvgIpc) is 3.16. The largest absolute Gasteiger partial charge is 0.497 e. The van der Waals surface area contributed by atoms with Gasteiger partial charge in [0.1, 0.15) is 5.75 Å². The van der Waals surface area contributed by atoms with Gasteiger partial charge in [0.15, 0.2) is 5.78 Å². The molecule has 1 amide bonds. The molecule has 25 heavy (non-hydrogen) atoms. The molecule has 130 valence electrons. The Labute approximate surface area is 147 Å². The van der Waals surface area contributed by atoms with Crippen LogP contribution in [0.5, 0.6) is 5.75 Å². The highest BCUT2D eigenvalue weighted by Gasteiger charge is 2.17. The van der Waals surface area contributed by atoms with Crippen molar-refractivity contribution in [3.8, 4) is 5.75 Å². The van der Waals surface area contributed by atoms with Crippen LogP contribution >= 0.6 is 0 Å². The van der Waals surface area contributed by atoms with Crippen LogP contribution in [-0.4, -0.2) is 31.9 Å². The van der Waals surface area contributed by atoms with Crippen LogP contribution in [0.2, 0.25) is 0 Å². The van der Waals surface area contributed by atoms with Gasteiger partial charge < -0.3 is 15.0 Å². The SMILES string of the molecule is COc1ccc(C(=O)Nc2ccc(N3CCCC3)cc2C(C)=O)cc1. The van der Waals surface area contributed by atoms with Crippen LogP contribution in [0, 0.1) is 0 Å². The predicted octanol–water partition coefficient (Wildman–Crippen LogP) is 3.75. The maximum atomic E-state index is 12.5. The molecule has 1 saturated heterocycles. The summed E-state index contributed by atoms with van der Waals surface area (Å²) in [6.45, 7) is 3.54. The molecule has 2 aromatic carbocycles. The number of carbonyl (C=O) groups excluding carboxylic acids is 2. The normalized spacial score (nSPS) is 13.6. The molecule has 5 nitrogen and oxygen atoms in total. The molecule has 0 spiro atoms. The Balaban J connectivity index is 1.82. The van der Waals surface area contributed by atoms with Crippen LogP contribution in [0.3, 0.4) is 0 Å². The van der Waals surface area contributed by atoms with Crippen molar-refractivity contribution in [2.75, 3.05) is 30.4 Å². The summed E-state index contributed by atoms with van der Waals surface area (Å²) < 4.78 is 5.10. The molecule has 1 fully saturated rings. The molecule has 1 N–H and O–H groups in total. The first-order chi connectivity index (χ1) is 12.1. The molecule has 0 atom stereocenters. The van der Waals surface area contributed by atoms with E-state index in [1.165, 1.54) is 19.8 Å². The Morgan fingerprint density at radius 3 is 2.32 bits per heavy atom. The van der Waals surface area contributed by atoms with Crippen molar-refractivity contribution < 1.29 is 14.3 Å². The summed E-state index contributed by atoms with van der Waals surface area (Å²) in [5.41, 5.74) is 2.62. The van der Waals surface area contributed by atoms with E-state index in [2.05, 4.69) is 10.2 Å². The third-order valence-corrected chi connectivity index (χ3v) is 4.45. The van der Waals surface area contributed by atoms with Gasteiger partial charge in [0, 0.05) is 29.9 Å². The predicted molar refractivity (Wildman–Crippen MR) is 98.8 cm³/mol. The van der Waals surface area contributed by atoms with E-state index in [0.717, 1.165) is 18.8 Å². The highest BCUT2D eigenvalue weighted by atomic mass is 16.5. The summed E-state index contributed by atoms with van der Waals surface area (Å²) in [4.78, 5) is 26.8. The molecule has 0 bridgehead atoms. The van der Waals surface area contributed by atoms with Gasteiger partial charge in [-0.1, -0.05) is 0 Å². The van der Waals surface area contributed by atoms with Crippen molar-refractivity contribution in [2.45, 2.75) is 19.8 Å². The van der Waals surface area contributed by atoms with Crippen molar-refractivity contribution in [2.24, 2.45) is 0 Å². The van der Waals surface area contributed by atoms with Crippen molar-refractivity contribution >= 4 is 23.1 Å². The molecule has 5 heteroatoms. The Morgan fingerprint density at radius 1 is 1.04 bits per heavy atom. The number of anilines is 2. The topological polar surface area (TPSA) is 58.6 Å². The van der Waals surface area contributed by atoms with Crippen molar-refractivity contribution in [3.63, 3.8) is 0 Å². The van der Waals surface area contributed by atoms with Gasteiger partial charge in [0.25, 0.3) is 5.91 Å². The molecular formula is C20H22N2O3. The van der Waals surface area contributed by atoms with Crippen molar-refractivity contribution in [3.05, 3.63) is 53.6 Å². The van der Waals surface area contributed by atoms with Crippen molar-refractivity contribution in [1.29, 1.82) is 0 Å². The number of benzene rings is 2. The average molecular weight is 338 g/mol. The fraction of sp³-hybridized carbons (Fsp3) is 0.300. The first-order valence-corrected chi connectivity index (χ1v) is 8.44. The summed E-state index contributed by atoms with van der Waals surface area (Å²) >= 11 is 0. The molecule has 3 rings (SSSR count). The minimum atomic E-state index is -0.251. The summed E-state index contributed by atoms with van der Waals surface area (Å²) in [6.07, 6.45) is 2.34. The molecule has 0 aliphatic carbocycles. The molecular weight excluding hydrogens is 316 g/mol. The Kier molecular flexibility index (Phi) is 5.03. The molecule has 0 unspecified atom stereocenters. The maximum Gasteiger partial charge on any atom is 0.255 e. The summed E-state index contributed by atoms with van der Waals surface area (Å²) in [6, 6.07) is 12.5. The van der Waals surface area contributed by atoms with Crippen LogP contribution in [0.15, 0.2) is 42.5 Å². The number of nitrogens with zero attached hydrogens (tertiary/aromatic N) is 1. The quantitative estimate of drug-likeness (QED) is 0.844. The number of hydrogen-bond acceptors (Lipinski definition) is 4. The summed E-state index contributed by atoms with van der Waals surface area (Å²) in [5.74, 6) is 0.376. The summed E-state index contributed by atoms with van der Waals surface area (Å²) in [7, 11) is 1.58. The third kappa shape index (κ3) is 3.82. The van der Waals surface area contributed by atoms with E-state index in [1.807, 2.05) is 18.2 Å². The van der Waals surface area contributed by atoms with E-state index >= 15 is 0 Å². The van der Waals surface area contributed by atoms with E-state index in [-0.39, 0.29) is 11.7 Å². The Bertz CT molecular complexity index is 778. The van der Waals surface area contributed by atoms with Crippen LogP contribution in [-0.2, 0) is 0 Å². The molecule has 0 radical (unpaired) electrons. The number of ketones is 1. The van der Waals surface area contributed by atoms with Gasteiger partial charge in [-0.25, -0.2) is 0 Å². The lowest BCUT2D eigenvalue weighted by atomic mass is 10.1. The zero-order chi connectivity index (χ0) is 17.8. The van der Waals surface area contributed by atoms with Gasteiger partial charge in [-0.3, -0.25) is 9.59 Å². The van der Waals surface area contributed by atoms with Crippen LogP contribution < -0.4 is 15.0 Å². The second-order valence-corrected chi connectivity index (χ2v) is 6.16. The van der Waals surface area contributed by atoms with Gasteiger partial charge in [0.2, 0.25) is 0 Å². The number of ether oxygens (including phenoxy) is 1. The minimum Gasteiger partial charge on any atom is -0.497 e. The highest BCUT2D eigenvalue weighted by Crippen LogP contribution is 2.27. The lowest BCUT2D eigenvalue weighted by molar-refractivity contribution is 0.101. The van der Waals surface area contributed by atoms with Gasteiger partial charge in [-0.05, 0) is 62.2 Å². The van der Waals surface area contributed by atoms with Crippen LogP contribution in [0.4, 0.5) is 11.4 Å². The molecule has 1 aliphatic rings. The zero-order valence-electron chi connectivity index (χ0n) is 14.5. The second kappa shape index (κ2) is 7.38. The summed E-state index contributed by atoms with van der Waals surface area (Å²) in [5, 5.41) is 2.84. The number of amides is 1. The van der Waals surface area contributed by atoms with Gasteiger partial charge in [0.05, 0.1) is 12.8 Å². The minimum absolute atomic E-state index is 0.0638. The van der Waals surface area contributed by atoms with Crippen LogP contribution in [0.25, 0.3) is 0 Å². The van der Waals surface area contributed by atoms with Crippen LogP contribution in [0.1, 0.15) is 40.5 Å². The smallest absolute Gasteiger partial charge is 0.255 e. The van der Waals surface area contributed by atoms with E-state index in [0.29, 0.717) is 22.6 Å². The fourth-order valence-electron chi connectivity index (χ4n) is 3.04. The van der Waals surface area contributed by atoms with E-state index in [9.17, 15) is 9.59 Å². The third-order valence-electron chi connectivity index (χ3n) is 4.45. The highest BCUT2D eigenvalue weighted by molar-refractivity contribution is 6.09. The zero-order valence-corrected chi connectivity index (χ0v) is 14.5. The number of hydrogen-bond donors (Lipinski definition) is 1. The monoisotopic (exact) mass is 338 g/mol. The number of nitrogens with one attached hydrogen (secondary N) is 1. The fourth-order valence-corrected chi connectivity index (χ4v) is 3.04. The molecule has 0 saturated carbocycles. The number of rotatable bonds is 5. The number of Topliss-reactive ketones (excluding diaryl/α,β-unsaturated/α-hetero) is 1. The Hall–Kier alpha value is -2.82. The van der Waals surface area contributed by atoms with Gasteiger partial charge >= 0.3 is 0 Å².